The molecule has 1 heterocycles. The quantitative estimate of drug-likeness (QED) is 0.225. The first-order chi connectivity index (χ1) is 18.1. The van der Waals surface area contributed by atoms with Crippen molar-refractivity contribution in [2.45, 2.75) is 0 Å². The summed E-state index contributed by atoms with van der Waals surface area (Å²) in [6.07, 6.45) is 0. The molecule has 7 nitrogen and oxygen atoms in total. The number of aromatic nitrogens is 1. The van der Waals surface area contributed by atoms with E-state index in [0.717, 1.165) is 44.1 Å². The first-order valence-corrected chi connectivity index (χ1v) is 12.3. The standard InChI is InChI=1S/C30H29N5O2/c31-12-14-33-29(36)20-6-4-19(5-7-20)22-8-10-27-25(17-22)26-18-23(9-11-28(26)35-27)21-2-1-3-24(16-21)30(37)34-15-13-32/h1-11,16-18,35H,12-15,31-32H2,(H,33,36)(H,34,37). The summed E-state index contributed by atoms with van der Waals surface area (Å²) in [5, 5.41) is 7.82. The van der Waals surface area contributed by atoms with Crippen LogP contribution in [-0.2, 0) is 0 Å². The van der Waals surface area contributed by atoms with E-state index in [1.165, 1.54) is 0 Å². The second-order valence-electron chi connectivity index (χ2n) is 8.89. The van der Waals surface area contributed by atoms with Crippen molar-refractivity contribution in [2.24, 2.45) is 11.5 Å². The zero-order valence-electron chi connectivity index (χ0n) is 20.4. The number of aromatic amines is 1. The number of H-pyrrole nitrogens is 1. The minimum absolute atomic E-state index is 0.127. The molecule has 5 aromatic rings. The Balaban J connectivity index is 1.48. The fourth-order valence-electron chi connectivity index (χ4n) is 4.49. The van der Waals surface area contributed by atoms with Crippen molar-refractivity contribution in [1.29, 1.82) is 0 Å². The van der Waals surface area contributed by atoms with E-state index in [-0.39, 0.29) is 11.8 Å². The highest BCUT2D eigenvalue weighted by Crippen LogP contribution is 2.33. The number of hydrogen-bond acceptors (Lipinski definition) is 4. The molecule has 0 radical (unpaired) electrons. The molecule has 0 saturated carbocycles. The normalized spacial score (nSPS) is 11.1. The molecule has 0 bridgehead atoms. The van der Waals surface area contributed by atoms with Crippen LogP contribution in [0.25, 0.3) is 44.1 Å². The molecule has 5 rings (SSSR count). The molecular weight excluding hydrogens is 462 g/mol. The van der Waals surface area contributed by atoms with Crippen LogP contribution in [0.5, 0.6) is 0 Å². The maximum atomic E-state index is 12.4. The molecule has 1 aromatic heterocycles. The zero-order chi connectivity index (χ0) is 25.8. The molecule has 0 aliphatic rings. The van der Waals surface area contributed by atoms with E-state index < -0.39 is 0 Å². The van der Waals surface area contributed by atoms with Gasteiger partial charge in [0, 0.05) is 59.1 Å². The molecule has 7 heteroatoms. The maximum Gasteiger partial charge on any atom is 0.251 e. The summed E-state index contributed by atoms with van der Waals surface area (Å²) in [4.78, 5) is 28.1. The molecule has 0 aliphatic carbocycles. The Morgan fingerprint density at radius 1 is 0.595 bits per heavy atom. The third-order valence-corrected chi connectivity index (χ3v) is 6.40. The van der Waals surface area contributed by atoms with Crippen molar-refractivity contribution in [1.82, 2.24) is 15.6 Å². The number of amides is 2. The van der Waals surface area contributed by atoms with Crippen LogP contribution in [0.3, 0.4) is 0 Å². The van der Waals surface area contributed by atoms with E-state index in [2.05, 4.69) is 52.0 Å². The van der Waals surface area contributed by atoms with Gasteiger partial charge in [0.2, 0.25) is 0 Å². The SMILES string of the molecule is NCCNC(=O)c1ccc(-c2ccc3[nH]c4ccc(-c5cccc(C(=O)NCCN)c5)cc4c3c2)cc1. The van der Waals surface area contributed by atoms with Crippen molar-refractivity contribution < 1.29 is 9.59 Å². The van der Waals surface area contributed by atoms with Crippen molar-refractivity contribution >= 4 is 33.6 Å². The van der Waals surface area contributed by atoms with Crippen molar-refractivity contribution in [3.8, 4) is 22.3 Å². The predicted octanol–water partition coefficient (Wildman–Crippen LogP) is 4.03. The van der Waals surface area contributed by atoms with Gasteiger partial charge in [-0.2, -0.15) is 0 Å². The number of benzene rings is 4. The Hall–Kier alpha value is -4.46. The van der Waals surface area contributed by atoms with E-state index >= 15 is 0 Å². The third-order valence-electron chi connectivity index (χ3n) is 6.40. The summed E-state index contributed by atoms with van der Waals surface area (Å²) in [6.45, 7) is 1.70. The number of fused-ring (bicyclic) bond motifs is 3. The van der Waals surface area contributed by atoms with Gasteiger partial charge in [-0.15, -0.1) is 0 Å². The van der Waals surface area contributed by atoms with Crippen molar-refractivity contribution in [2.75, 3.05) is 26.2 Å². The van der Waals surface area contributed by atoms with Gasteiger partial charge in [-0.05, 0) is 70.8 Å². The number of nitrogens with one attached hydrogen (secondary N) is 3. The van der Waals surface area contributed by atoms with E-state index in [0.29, 0.717) is 37.3 Å². The van der Waals surface area contributed by atoms with Crippen LogP contribution in [0.2, 0.25) is 0 Å². The smallest absolute Gasteiger partial charge is 0.251 e. The topological polar surface area (TPSA) is 126 Å². The lowest BCUT2D eigenvalue weighted by Gasteiger charge is -2.07. The number of carbonyl (C=O) groups excluding carboxylic acids is 2. The van der Waals surface area contributed by atoms with E-state index in [1.807, 2.05) is 42.5 Å². The van der Waals surface area contributed by atoms with Crippen LogP contribution in [0, 0.1) is 0 Å². The molecule has 0 atom stereocenters. The largest absolute Gasteiger partial charge is 0.355 e. The lowest BCUT2D eigenvalue weighted by atomic mass is 9.99. The van der Waals surface area contributed by atoms with Crippen LogP contribution in [0.4, 0.5) is 0 Å². The van der Waals surface area contributed by atoms with Gasteiger partial charge in [0.05, 0.1) is 0 Å². The number of carbonyl (C=O) groups is 2. The molecule has 0 fully saturated rings. The number of nitrogens with two attached hydrogens (primary N) is 2. The average molecular weight is 492 g/mol. The summed E-state index contributed by atoms with van der Waals surface area (Å²) >= 11 is 0. The monoisotopic (exact) mass is 491 g/mol. The molecule has 37 heavy (non-hydrogen) atoms. The zero-order valence-corrected chi connectivity index (χ0v) is 20.4. The minimum Gasteiger partial charge on any atom is -0.355 e. The minimum atomic E-state index is -0.131. The van der Waals surface area contributed by atoms with Gasteiger partial charge in [-0.1, -0.05) is 36.4 Å². The molecule has 2 amide bonds. The second kappa shape index (κ2) is 10.7. The van der Waals surface area contributed by atoms with Crippen LogP contribution >= 0.6 is 0 Å². The van der Waals surface area contributed by atoms with Gasteiger partial charge in [0.25, 0.3) is 11.8 Å². The van der Waals surface area contributed by atoms with Gasteiger partial charge in [0.1, 0.15) is 0 Å². The van der Waals surface area contributed by atoms with E-state index in [1.54, 1.807) is 6.07 Å². The van der Waals surface area contributed by atoms with Gasteiger partial charge in [-0.25, -0.2) is 0 Å². The summed E-state index contributed by atoms with van der Waals surface area (Å²) in [5.41, 5.74) is 18.4. The fourth-order valence-corrected chi connectivity index (χ4v) is 4.49. The van der Waals surface area contributed by atoms with Gasteiger partial charge in [0.15, 0.2) is 0 Å². The first-order valence-electron chi connectivity index (χ1n) is 12.3. The molecular formula is C30H29N5O2. The van der Waals surface area contributed by atoms with Crippen molar-refractivity contribution in [3.05, 3.63) is 96.1 Å². The third kappa shape index (κ3) is 5.09. The van der Waals surface area contributed by atoms with Gasteiger partial charge in [-0.3, -0.25) is 9.59 Å². The van der Waals surface area contributed by atoms with Crippen molar-refractivity contribution in [3.63, 3.8) is 0 Å². The average Bonchev–Trinajstić information content (AvgIpc) is 3.32. The highest BCUT2D eigenvalue weighted by atomic mass is 16.2. The fraction of sp³-hybridized carbons (Fsp3) is 0.133. The highest BCUT2D eigenvalue weighted by Gasteiger charge is 2.11. The molecule has 0 spiro atoms. The van der Waals surface area contributed by atoms with Gasteiger partial charge >= 0.3 is 0 Å². The van der Waals surface area contributed by atoms with Crippen LogP contribution in [0.15, 0.2) is 84.9 Å². The highest BCUT2D eigenvalue weighted by molar-refractivity contribution is 6.10. The molecule has 0 saturated heterocycles. The summed E-state index contributed by atoms with van der Waals surface area (Å²) in [5.74, 6) is -0.259. The second-order valence-corrected chi connectivity index (χ2v) is 8.89. The maximum absolute atomic E-state index is 12.4. The lowest BCUT2D eigenvalue weighted by molar-refractivity contribution is 0.0946. The number of rotatable bonds is 8. The molecule has 0 aliphatic heterocycles. The van der Waals surface area contributed by atoms with Gasteiger partial charge < -0.3 is 27.1 Å². The summed E-state index contributed by atoms with van der Waals surface area (Å²) in [7, 11) is 0. The summed E-state index contributed by atoms with van der Waals surface area (Å²) in [6, 6.07) is 27.8. The van der Waals surface area contributed by atoms with Crippen LogP contribution in [0.1, 0.15) is 20.7 Å². The molecule has 4 aromatic carbocycles. The Morgan fingerprint density at radius 3 is 1.70 bits per heavy atom. The Bertz CT molecular complexity index is 1590. The first kappa shape index (κ1) is 24.2. The Kier molecular flexibility index (Phi) is 6.98. The molecule has 7 N–H and O–H groups in total. The predicted molar refractivity (Wildman–Crippen MR) is 149 cm³/mol. The van der Waals surface area contributed by atoms with Crippen LogP contribution in [-0.4, -0.2) is 43.0 Å². The Morgan fingerprint density at radius 2 is 1.11 bits per heavy atom. The molecule has 0 unspecified atom stereocenters. The number of hydrogen-bond donors (Lipinski definition) is 5. The van der Waals surface area contributed by atoms with E-state index in [4.69, 9.17) is 11.5 Å². The Labute approximate surface area is 214 Å². The summed E-state index contributed by atoms with van der Waals surface area (Å²) < 4.78 is 0. The van der Waals surface area contributed by atoms with E-state index in [9.17, 15) is 9.59 Å². The lowest BCUT2D eigenvalue weighted by Crippen LogP contribution is -2.28. The van der Waals surface area contributed by atoms with Crippen LogP contribution < -0.4 is 22.1 Å². The molecule has 186 valence electrons.